The Morgan fingerprint density at radius 3 is 2.07 bits per heavy atom. The van der Waals surface area contributed by atoms with Gasteiger partial charge in [-0.15, -0.1) is 6.58 Å². The van der Waals surface area contributed by atoms with Gasteiger partial charge >= 0.3 is 8.80 Å². The molecule has 0 aromatic heterocycles. The lowest BCUT2D eigenvalue weighted by Crippen LogP contribution is -2.47. The van der Waals surface area contributed by atoms with Crippen molar-refractivity contribution in [1.29, 1.82) is 0 Å². The van der Waals surface area contributed by atoms with Crippen molar-refractivity contribution in [2.45, 2.75) is 46.3 Å². The van der Waals surface area contributed by atoms with Gasteiger partial charge in [0.15, 0.2) is 0 Å². The van der Waals surface area contributed by atoms with E-state index < -0.39 is 8.80 Å². The first-order chi connectivity index (χ1) is 7.14. The molecule has 0 aliphatic rings. The van der Waals surface area contributed by atoms with Gasteiger partial charge in [-0.2, -0.15) is 0 Å². The summed E-state index contributed by atoms with van der Waals surface area (Å²) in [6.07, 6.45) is 2.80. The van der Waals surface area contributed by atoms with Crippen molar-refractivity contribution < 1.29 is 13.3 Å². The van der Waals surface area contributed by atoms with E-state index in [2.05, 4.69) is 13.5 Å². The predicted molar refractivity (Wildman–Crippen MR) is 64.8 cm³/mol. The summed E-state index contributed by atoms with van der Waals surface area (Å²) < 4.78 is 17.3. The lowest BCUT2D eigenvalue weighted by atomic mass is 10.3. The van der Waals surface area contributed by atoms with Crippen LogP contribution in [0.25, 0.3) is 0 Å². The van der Waals surface area contributed by atoms with Gasteiger partial charge in [-0.25, -0.2) is 0 Å². The Morgan fingerprint density at radius 2 is 1.73 bits per heavy atom. The predicted octanol–water partition coefficient (Wildman–Crippen LogP) is 3.00. The van der Waals surface area contributed by atoms with Crippen LogP contribution in [0.2, 0.25) is 6.04 Å². The van der Waals surface area contributed by atoms with Crippen molar-refractivity contribution >= 4 is 8.80 Å². The second-order valence-corrected chi connectivity index (χ2v) is 6.24. The topological polar surface area (TPSA) is 27.7 Å². The maximum absolute atomic E-state index is 5.93. The van der Waals surface area contributed by atoms with Crippen molar-refractivity contribution in [3.05, 3.63) is 12.7 Å². The van der Waals surface area contributed by atoms with Gasteiger partial charge in [0.1, 0.15) is 0 Å². The fraction of sp³-hybridized carbons (Fsp3) is 0.818. The second-order valence-electron chi connectivity index (χ2n) is 3.36. The molecule has 0 amide bonds. The fourth-order valence-electron chi connectivity index (χ4n) is 1.43. The number of hydrogen-bond donors (Lipinski definition) is 0. The summed E-state index contributed by atoms with van der Waals surface area (Å²) in [5.74, 6) is 0. The minimum Gasteiger partial charge on any atom is -0.374 e. The molecule has 0 rings (SSSR count). The van der Waals surface area contributed by atoms with Gasteiger partial charge in [0.25, 0.3) is 0 Å². The van der Waals surface area contributed by atoms with E-state index in [1.54, 1.807) is 0 Å². The molecular weight excluding hydrogens is 208 g/mol. The maximum Gasteiger partial charge on any atom is 0.500 e. The van der Waals surface area contributed by atoms with Crippen LogP contribution >= 0.6 is 0 Å². The van der Waals surface area contributed by atoms with Crippen LogP contribution < -0.4 is 0 Å². The third-order valence-corrected chi connectivity index (χ3v) is 5.13. The normalized spacial score (nSPS) is 13.9. The largest absolute Gasteiger partial charge is 0.500 e. The molecule has 3 nitrogen and oxygen atoms in total. The zero-order valence-electron chi connectivity index (χ0n) is 10.4. The molecule has 0 saturated heterocycles. The summed E-state index contributed by atoms with van der Waals surface area (Å²) in [6, 6.07) is 0.816. The van der Waals surface area contributed by atoms with E-state index in [9.17, 15) is 0 Å². The molecule has 1 unspecified atom stereocenters. The summed E-state index contributed by atoms with van der Waals surface area (Å²) in [7, 11) is -2.42. The van der Waals surface area contributed by atoms with E-state index in [4.69, 9.17) is 13.3 Å². The average molecular weight is 232 g/mol. The van der Waals surface area contributed by atoms with Gasteiger partial charge in [0, 0.05) is 19.3 Å². The van der Waals surface area contributed by atoms with Crippen LogP contribution in [0.1, 0.15) is 34.1 Å². The first-order valence-corrected chi connectivity index (χ1v) is 7.63. The van der Waals surface area contributed by atoms with Crippen LogP contribution in [-0.2, 0) is 13.3 Å². The van der Waals surface area contributed by atoms with Crippen LogP contribution in [0.15, 0.2) is 12.7 Å². The van der Waals surface area contributed by atoms with E-state index in [-0.39, 0.29) is 6.10 Å². The van der Waals surface area contributed by atoms with Gasteiger partial charge < -0.3 is 13.3 Å². The molecule has 90 valence electrons. The Labute approximate surface area is 94.8 Å². The molecule has 15 heavy (non-hydrogen) atoms. The monoisotopic (exact) mass is 232 g/mol. The summed E-state index contributed by atoms with van der Waals surface area (Å²) >= 11 is 0. The quantitative estimate of drug-likeness (QED) is 0.452. The summed E-state index contributed by atoms with van der Waals surface area (Å²) in [6.45, 7) is 13.0. The lowest BCUT2D eigenvalue weighted by Gasteiger charge is -2.30. The van der Waals surface area contributed by atoms with E-state index >= 15 is 0 Å². The molecule has 0 spiro atoms. The third-order valence-electron chi connectivity index (χ3n) is 2.04. The van der Waals surface area contributed by atoms with Crippen molar-refractivity contribution in [2.75, 3.05) is 13.2 Å². The van der Waals surface area contributed by atoms with E-state index in [0.717, 1.165) is 12.5 Å². The molecule has 1 atom stereocenters. The van der Waals surface area contributed by atoms with Crippen LogP contribution in [0.3, 0.4) is 0 Å². The van der Waals surface area contributed by atoms with Gasteiger partial charge in [-0.1, -0.05) is 13.0 Å². The molecule has 0 radical (unpaired) electrons. The van der Waals surface area contributed by atoms with Crippen molar-refractivity contribution in [3.63, 3.8) is 0 Å². The smallest absolute Gasteiger partial charge is 0.374 e. The van der Waals surface area contributed by atoms with E-state index in [1.807, 2.05) is 26.8 Å². The van der Waals surface area contributed by atoms with Gasteiger partial charge in [0.2, 0.25) is 0 Å². The fourth-order valence-corrected chi connectivity index (χ4v) is 3.81. The molecule has 0 aromatic rings. The average Bonchev–Trinajstić information content (AvgIpc) is 2.18. The Balaban J connectivity index is 4.37. The summed E-state index contributed by atoms with van der Waals surface area (Å²) in [5.41, 5.74) is 0. The molecule has 0 heterocycles. The van der Waals surface area contributed by atoms with Gasteiger partial charge in [-0.05, 0) is 27.2 Å². The number of hydrogen-bond acceptors (Lipinski definition) is 3. The highest BCUT2D eigenvalue weighted by molar-refractivity contribution is 6.60. The molecule has 0 aromatic carbocycles. The Kier molecular flexibility index (Phi) is 7.96. The lowest BCUT2D eigenvalue weighted by molar-refractivity contribution is 0.0404. The van der Waals surface area contributed by atoms with Crippen LogP contribution in [0.4, 0.5) is 0 Å². The zero-order valence-corrected chi connectivity index (χ0v) is 11.4. The van der Waals surface area contributed by atoms with Crippen molar-refractivity contribution in [1.82, 2.24) is 0 Å². The third kappa shape index (κ3) is 5.46. The molecule has 0 fully saturated rings. The molecule has 0 N–H and O–H groups in total. The maximum atomic E-state index is 5.93. The van der Waals surface area contributed by atoms with Crippen molar-refractivity contribution in [2.24, 2.45) is 0 Å². The molecule has 0 aliphatic carbocycles. The SMILES string of the molecule is C=CCC(C)O[Si](CC)(OCC)OCC. The number of rotatable bonds is 9. The van der Waals surface area contributed by atoms with Crippen molar-refractivity contribution in [3.8, 4) is 0 Å². The Morgan fingerprint density at radius 1 is 1.20 bits per heavy atom. The summed E-state index contributed by atoms with van der Waals surface area (Å²) in [4.78, 5) is 0. The standard InChI is InChI=1S/C11H24O3Si/c1-6-10-11(5)14-15(9-4,12-7-2)13-8-3/h6,11H,1,7-10H2,2-5H3. The highest BCUT2D eigenvalue weighted by Gasteiger charge is 2.39. The Bertz CT molecular complexity index is 167. The first-order valence-electron chi connectivity index (χ1n) is 5.70. The van der Waals surface area contributed by atoms with Crippen LogP contribution in [0, 0.1) is 0 Å². The molecular formula is C11H24O3Si. The first kappa shape index (κ1) is 14.8. The van der Waals surface area contributed by atoms with Crippen LogP contribution in [-0.4, -0.2) is 28.1 Å². The van der Waals surface area contributed by atoms with E-state index in [0.29, 0.717) is 13.2 Å². The zero-order chi connectivity index (χ0) is 11.7. The molecule has 0 bridgehead atoms. The molecule has 0 aliphatic heterocycles. The highest BCUT2D eigenvalue weighted by Crippen LogP contribution is 2.18. The molecule has 4 heteroatoms. The highest BCUT2D eigenvalue weighted by atomic mass is 28.4. The van der Waals surface area contributed by atoms with Crippen LogP contribution in [0.5, 0.6) is 0 Å². The van der Waals surface area contributed by atoms with Gasteiger partial charge in [0.05, 0.1) is 6.10 Å². The van der Waals surface area contributed by atoms with Gasteiger partial charge in [-0.3, -0.25) is 0 Å². The second kappa shape index (κ2) is 8.04. The minimum atomic E-state index is -2.42. The van der Waals surface area contributed by atoms with E-state index in [1.165, 1.54) is 0 Å². The summed E-state index contributed by atoms with van der Waals surface area (Å²) in [5, 5.41) is 0. The molecule has 0 saturated carbocycles. The minimum absolute atomic E-state index is 0.118. The Hall–Kier alpha value is -0.163.